The quantitative estimate of drug-likeness (QED) is 0.846. The van der Waals surface area contributed by atoms with Crippen molar-refractivity contribution in [1.29, 1.82) is 0 Å². The fourth-order valence-corrected chi connectivity index (χ4v) is 2.78. The number of hydrogen-bond donors (Lipinski definition) is 1. The van der Waals surface area contributed by atoms with Crippen molar-refractivity contribution in [2.75, 3.05) is 0 Å². The van der Waals surface area contributed by atoms with Crippen molar-refractivity contribution < 1.29 is 0 Å². The van der Waals surface area contributed by atoms with Gasteiger partial charge in [-0.25, -0.2) is 0 Å². The minimum Gasteiger partial charge on any atom is -0.357 e. The van der Waals surface area contributed by atoms with E-state index in [1.165, 1.54) is 0 Å². The Morgan fingerprint density at radius 3 is 2.47 bits per heavy atom. The summed E-state index contributed by atoms with van der Waals surface area (Å²) in [4.78, 5) is 15.9. The zero-order valence-electron chi connectivity index (χ0n) is 10.5. The molecule has 3 heteroatoms. The van der Waals surface area contributed by atoms with Crippen LogP contribution in [0, 0.1) is 13.8 Å². The van der Waals surface area contributed by atoms with Crippen molar-refractivity contribution >= 4 is 26.8 Å². The molecular formula is C14H16BrNO. The predicted molar refractivity (Wildman–Crippen MR) is 75.8 cm³/mol. The van der Waals surface area contributed by atoms with E-state index < -0.39 is 0 Å². The minimum absolute atomic E-state index is 0.157. The Bertz CT molecular complexity index is 641. The number of aryl methyl sites for hydroxylation is 2. The first kappa shape index (κ1) is 12.4. The molecule has 0 saturated carbocycles. The second kappa shape index (κ2) is 4.30. The molecule has 17 heavy (non-hydrogen) atoms. The molecule has 0 radical (unpaired) electrons. The van der Waals surface area contributed by atoms with Gasteiger partial charge in [0.25, 0.3) is 0 Å². The molecule has 0 unspecified atom stereocenters. The van der Waals surface area contributed by atoms with E-state index in [-0.39, 0.29) is 11.3 Å². The van der Waals surface area contributed by atoms with Crippen molar-refractivity contribution in [1.82, 2.24) is 4.98 Å². The van der Waals surface area contributed by atoms with Gasteiger partial charge in [0.05, 0.1) is 5.52 Å². The highest BCUT2D eigenvalue weighted by Gasteiger charge is 2.14. The molecule has 0 bridgehead atoms. The van der Waals surface area contributed by atoms with Gasteiger partial charge in [-0.05, 0) is 47.3 Å². The number of halogens is 1. The van der Waals surface area contributed by atoms with E-state index in [0.29, 0.717) is 0 Å². The van der Waals surface area contributed by atoms with Gasteiger partial charge in [0.15, 0.2) is 5.43 Å². The molecule has 90 valence electrons. The van der Waals surface area contributed by atoms with Crippen molar-refractivity contribution in [3.63, 3.8) is 0 Å². The highest BCUT2D eigenvalue weighted by molar-refractivity contribution is 9.10. The molecule has 0 fully saturated rings. The Kier molecular flexibility index (Phi) is 3.13. The SMILES string of the molecule is Cc1[nH]c2c(Br)ccc(C)c2c(=O)c1C(C)C. The maximum atomic E-state index is 12.5. The molecule has 0 aliphatic carbocycles. The molecule has 2 aromatic rings. The van der Waals surface area contributed by atoms with Crippen LogP contribution in [-0.4, -0.2) is 4.98 Å². The van der Waals surface area contributed by atoms with Crippen LogP contribution in [0.2, 0.25) is 0 Å². The summed E-state index contributed by atoms with van der Waals surface area (Å²) in [6, 6.07) is 3.95. The fourth-order valence-electron chi connectivity index (χ4n) is 2.35. The molecule has 2 nitrogen and oxygen atoms in total. The molecule has 0 saturated heterocycles. The van der Waals surface area contributed by atoms with E-state index >= 15 is 0 Å². The predicted octanol–water partition coefficient (Wildman–Crippen LogP) is 4.03. The van der Waals surface area contributed by atoms with Crippen LogP contribution in [0.5, 0.6) is 0 Å². The summed E-state index contributed by atoms with van der Waals surface area (Å²) in [5, 5.41) is 0.800. The van der Waals surface area contributed by atoms with Gasteiger partial charge in [-0.3, -0.25) is 4.79 Å². The number of nitrogens with one attached hydrogen (secondary N) is 1. The Morgan fingerprint density at radius 2 is 1.88 bits per heavy atom. The molecule has 1 heterocycles. The number of hydrogen-bond acceptors (Lipinski definition) is 1. The third-order valence-electron chi connectivity index (χ3n) is 3.13. The molecule has 1 aromatic heterocycles. The first-order valence-electron chi connectivity index (χ1n) is 5.75. The molecule has 0 amide bonds. The molecule has 0 aliphatic rings. The van der Waals surface area contributed by atoms with Crippen LogP contribution in [0.25, 0.3) is 10.9 Å². The van der Waals surface area contributed by atoms with Crippen LogP contribution in [0.15, 0.2) is 21.4 Å². The highest BCUT2D eigenvalue weighted by Crippen LogP contribution is 2.25. The zero-order valence-corrected chi connectivity index (χ0v) is 12.1. The lowest BCUT2D eigenvalue weighted by Gasteiger charge is -2.13. The van der Waals surface area contributed by atoms with Gasteiger partial charge < -0.3 is 4.98 Å². The summed E-state index contributed by atoms with van der Waals surface area (Å²) in [7, 11) is 0. The van der Waals surface area contributed by atoms with Gasteiger partial charge >= 0.3 is 0 Å². The standard InChI is InChI=1S/C14H16BrNO/c1-7(2)11-9(4)16-13-10(15)6-5-8(3)12(13)14(11)17/h5-7H,1-4H3,(H,16,17). The Balaban J connectivity index is 3.03. The molecule has 0 atom stereocenters. The van der Waals surface area contributed by atoms with E-state index in [0.717, 1.165) is 32.2 Å². The lowest BCUT2D eigenvalue weighted by molar-refractivity contribution is 0.838. The smallest absolute Gasteiger partial charge is 0.193 e. The number of pyridine rings is 1. The lowest BCUT2D eigenvalue weighted by Crippen LogP contribution is -2.15. The summed E-state index contributed by atoms with van der Waals surface area (Å²) < 4.78 is 0.939. The van der Waals surface area contributed by atoms with Crippen molar-refractivity contribution in [2.45, 2.75) is 33.6 Å². The average molecular weight is 294 g/mol. The van der Waals surface area contributed by atoms with Crippen LogP contribution in [-0.2, 0) is 0 Å². The number of rotatable bonds is 1. The molecular weight excluding hydrogens is 278 g/mol. The van der Waals surface area contributed by atoms with Crippen molar-refractivity contribution in [2.24, 2.45) is 0 Å². The second-order valence-corrected chi connectivity index (χ2v) is 5.62. The van der Waals surface area contributed by atoms with Crippen molar-refractivity contribution in [3.05, 3.63) is 43.6 Å². The first-order chi connectivity index (χ1) is 7.93. The Morgan fingerprint density at radius 1 is 1.24 bits per heavy atom. The maximum Gasteiger partial charge on any atom is 0.193 e. The van der Waals surface area contributed by atoms with E-state index in [2.05, 4.69) is 34.8 Å². The van der Waals surface area contributed by atoms with Gasteiger partial charge in [0.2, 0.25) is 0 Å². The second-order valence-electron chi connectivity index (χ2n) is 4.76. The number of H-pyrrole nitrogens is 1. The summed E-state index contributed by atoms with van der Waals surface area (Å²) in [5.74, 6) is 0.238. The zero-order chi connectivity index (χ0) is 12.7. The average Bonchev–Trinajstić information content (AvgIpc) is 2.22. The van der Waals surface area contributed by atoms with Crippen LogP contribution in [0.4, 0.5) is 0 Å². The normalized spacial score (nSPS) is 11.4. The third-order valence-corrected chi connectivity index (χ3v) is 3.79. The molecule has 1 N–H and O–H groups in total. The van der Waals surface area contributed by atoms with Crippen LogP contribution < -0.4 is 5.43 Å². The van der Waals surface area contributed by atoms with Crippen LogP contribution in [0.1, 0.15) is 36.6 Å². The monoisotopic (exact) mass is 293 g/mol. The van der Waals surface area contributed by atoms with Gasteiger partial charge in [-0.2, -0.15) is 0 Å². The van der Waals surface area contributed by atoms with E-state index in [1.807, 2.05) is 26.0 Å². The number of aromatic amines is 1. The van der Waals surface area contributed by atoms with Crippen molar-refractivity contribution in [3.8, 4) is 0 Å². The third kappa shape index (κ3) is 1.93. The number of benzene rings is 1. The highest BCUT2D eigenvalue weighted by atomic mass is 79.9. The van der Waals surface area contributed by atoms with Gasteiger partial charge in [-0.1, -0.05) is 19.9 Å². The molecule has 2 rings (SSSR count). The summed E-state index contributed by atoms with van der Waals surface area (Å²) in [6.07, 6.45) is 0. The Hall–Kier alpha value is -1.09. The van der Waals surface area contributed by atoms with Gasteiger partial charge in [0.1, 0.15) is 0 Å². The van der Waals surface area contributed by atoms with Gasteiger partial charge in [0, 0.05) is 21.1 Å². The van der Waals surface area contributed by atoms with E-state index in [4.69, 9.17) is 0 Å². The number of fused-ring (bicyclic) bond motifs is 1. The van der Waals surface area contributed by atoms with E-state index in [1.54, 1.807) is 0 Å². The first-order valence-corrected chi connectivity index (χ1v) is 6.54. The lowest BCUT2D eigenvalue weighted by atomic mass is 9.97. The van der Waals surface area contributed by atoms with Crippen LogP contribution >= 0.6 is 15.9 Å². The molecule has 0 aliphatic heterocycles. The van der Waals surface area contributed by atoms with Gasteiger partial charge in [-0.15, -0.1) is 0 Å². The molecule has 0 spiro atoms. The number of aromatic nitrogens is 1. The fraction of sp³-hybridized carbons (Fsp3) is 0.357. The summed E-state index contributed by atoms with van der Waals surface area (Å²) in [6.45, 7) is 8.04. The minimum atomic E-state index is 0.157. The van der Waals surface area contributed by atoms with E-state index in [9.17, 15) is 4.79 Å². The molecule has 1 aromatic carbocycles. The Labute approximate surface area is 109 Å². The summed E-state index contributed by atoms with van der Waals surface area (Å²) >= 11 is 3.49. The van der Waals surface area contributed by atoms with Crippen LogP contribution in [0.3, 0.4) is 0 Å². The largest absolute Gasteiger partial charge is 0.357 e. The summed E-state index contributed by atoms with van der Waals surface area (Å²) in [5.41, 5.74) is 3.93. The maximum absolute atomic E-state index is 12.5. The topological polar surface area (TPSA) is 32.9 Å².